The third-order valence-electron chi connectivity index (χ3n) is 11.5. The predicted molar refractivity (Wildman–Crippen MR) is 288 cm³/mol. The molecule has 0 spiro atoms. The minimum absolute atomic E-state index is 0.0909. The summed E-state index contributed by atoms with van der Waals surface area (Å²) in [6.07, 6.45) is 0. The minimum atomic E-state index is -3.90. The van der Waals surface area contributed by atoms with Crippen LogP contribution in [0.25, 0.3) is 33.4 Å². The van der Waals surface area contributed by atoms with Gasteiger partial charge in [0.2, 0.25) is 19.7 Å². The standard InChI is InChI=1S/C60H40Br2O8S2/c61-45-38-44(41-12-4-1-5-13-41)39-50(40-45)67-46-22-30-51(31-23-46)71(63,64)53-34-26-48(27-35-53)69-57-20-11-21-58(60(57)43-16-8-3-9-17-43)70-49-28-36-54(37-29-49)72(65,66)52-32-24-47(25-33-52)68-56-19-10-18-55(62)59(56)42-14-6-2-7-15-42/h1-40H. The van der Waals surface area contributed by atoms with E-state index in [-0.39, 0.29) is 19.6 Å². The molecule has 0 aliphatic carbocycles. The molecule has 0 fully saturated rings. The molecule has 0 unspecified atom stereocenters. The monoisotopic (exact) mass is 1110 g/mol. The van der Waals surface area contributed by atoms with Crippen molar-refractivity contribution in [3.63, 3.8) is 0 Å². The van der Waals surface area contributed by atoms with Crippen molar-refractivity contribution in [3.05, 3.63) is 252 Å². The van der Waals surface area contributed by atoms with E-state index in [0.29, 0.717) is 51.6 Å². The van der Waals surface area contributed by atoms with Gasteiger partial charge in [0.05, 0.1) is 25.1 Å². The molecule has 10 aromatic carbocycles. The van der Waals surface area contributed by atoms with Crippen molar-refractivity contribution in [2.45, 2.75) is 19.6 Å². The Hall–Kier alpha value is -7.74. The highest BCUT2D eigenvalue weighted by molar-refractivity contribution is 9.10. The Morgan fingerprint density at radius 3 is 1.04 bits per heavy atom. The molecule has 0 aliphatic heterocycles. The van der Waals surface area contributed by atoms with E-state index < -0.39 is 19.7 Å². The molecular weight excluding hydrogens is 1070 g/mol. The zero-order valence-electron chi connectivity index (χ0n) is 37.9. The first kappa shape index (κ1) is 47.9. The van der Waals surface area contributed by atoms with E-state index >= 15 is 0 Å². The number of sulfone groups is 2. The van der Waals surface area contributed by atoms with Crippen LogP contribution in [-0.2, 0) is 19.7 Å². The number of ether oxygens (including phenoxy) is 4. The molecule has 0 N–H and O–H groups in total. The Kier molecular flexibility index (Phi) is 13.9. The highest BCUT2D eigenvalue weighted by atomic mass is 79.9. The predicted octanol–water partition coefficient (Wildman–Crippen LogP) is 17.0. The van der Waals surface area contributed by atoms with Crippen molar-refractivity contribution in [1.82, 2.24) is 0 Å². The number of hydrogen-bond acceptors (Lipinski definition) is 8. The van der Waals surface area contributed by atoms with Crippen LogP contribution in [0.1, 0.15) is 0 Å². The third-order valence-corrected chi connectivity index (χ3v) is 16.2. The average molecular weight is 1110 g/mol. The second kappa shape index (κ2) is 20.9. The average Bonchev–Trinajstić information content (AvgIpc) is 3.40. The molecule has 0 saturated carbocycles. The lowest BCUT2D eigenvalue weighted by atomic mass is 10.0. The maximum absolute atomic E-state index is 13.8. The van der Waals surface area contributed by atoms with Gasteiger partial charge in [0, 0.05) is 14.5 Å². The van der Waals surface area contributed by atoms with E-state index in [9.17, 15) is 16.8 Å². The lowest BCUT2D eigenvalue weighted by Gasteiger charge is -2.17. The molecule has 72 heavy (non-hydrogen) atoms. The molecule has 0 atom stereocenters. The summed E-state index contributed by atoms with van der Waals surface area (Å²) in [5, 5.41) is 0. The molecule has 10 aromatic rings. The summed E-state index contributed by atoms with van der Waals surface area (Å²) in [6.45, 7) is 0. The van der Waals surface area contributed by atoms with Gasteiger partial charge in [0.15, 0.2) is 0 Å². The van der Waals surface area contributed by atoms with Gasteiger partial charge in [-0.2, -0.15) is 0 Å². The van der Waals surface area contributed by atoms with E-state index in [0.717, 1.165) is 36.8 Å². The van der Waals surface area contributed by atoms with Crippen LogP contribution in [0.3, 0.4) is 0 Å². The lowest BCUT2D eigenvalue weighted by Crippen LogP contribution is -2.02. The highest BCUT2D eigenvalue weighted by Gasteiger charge is 2.22. The molecule has 0 aliphatic rings. The zero-order valence-corrected chi connectivity index (χ0v) is 42.7. The molecule has 0 radical (unpaired) electrons. The number of halogens is 2. The molecule has 0 heterocycles. The summed E-state index contributed by atoms with van der Waals surface area (Å²) in [6, 6.07) is 71.4. The van der Waals surface area contributed by atoms with Crippen molar-refractivity contribution in [2.75, 3.05) is 0 Å². The number of hydrogen-bond donors (Lipinski definition) is 0. The number of benzene rings is 10. The van der Waals surface area contributed by atoms with Crippen LogP contribution >= 0.6 is 31.9 Å². The first-order valence-electron chi connectivity index (χ1n) is 22.5. The Bertz CT molecular complexity index is 3750. The summed E-state index contributed by atoms with van der Waals surface area (Å²) >= 11 is 7.22. The fraction of sp³-hybridized carbons (Fsp3) is 0. The van der Waals surface area contributed by atoms with Crippen LogP contribution in [-0.4, -0.2) is 16.8 Å². The Balaban J connectivity index is 0.829. The van der Waals surface area contributed by atoms with Gasteiger partial charge in [-0.25, -0.2) is 16.8 Å². The van der Waals surface area contributed by atoms with E-state index in [1.165, 1.54) is 48.5 Å². The first-order valence-corrected chi connectivity index (χ1v) is 27.0. The molecule has 10 rings (SSSR count). The van der Waals surface area contributed by atoms with Gasteiger partial charge in [-0.3, -0.25) is 0 Å². The SMILES string of the molecule is O=S(=O)(c1ccc(Oc2cc(Br)cc(-c3ccccc3)c2)cc1)c1ccc(Oc2cccc(Oc3ccc(S(=O)(=O)c4ccc(Oc5cccc(Br)c5-c5ccccc5)cc4)cc3)c2-c2ccccc2)cc1. The molecule has 12 heteroatoms. The van der Waals surface area contributed by atoms with E-state index in [1.54, 1.807) is 66.7 Å². The van der Waals surface area contributed by atoms with Crippen LogP contribution in [0, 0.1) is 0 Å². The van der Waals surface area contributed by atoms with Crippen molar-refractivity contribution >= 4 is 51.5 Å². The van der Waals surface area contributed by atoms with E-state index in [2.05, 4.69) is 31.9 Å². The second-order valence-corrected chi connectivity index (χ2v) is 22.0. The Morgan fingerprint density at radius 2 is 0.625 bits per heavy atom. The van der Waals surface area contributed by atoms with Gasteiger partial charge >= 0.3 is 0 Å². The summed E-state index contributed by atoms with van der Waals surface area (Å²) in [7, 11) is -7.80. The Labute approximate surface area is 434 Å². The summed E-state index contributed by atoms with van der Waals surface area (Å²) < 4.78 is 82.3. The van der Waals surface area contributed by atoms with Crippen LogP contribution in [0.5, 0.6) is 46.0 Å². The van der Waals surface area contributed by atoms with Crippen LogP contribution in [0.4, 0.5) is 0 Å². The van der Waals surface area contributed by atoms with Crippen LogP contribution < -0.4 is 18.9 Å². The van der Waals surface area contributed by atoms with Gasteiger partial charge < -0.3 is 18.9 Å². The lowest BCUT2D eigenvalue weighted by molar-refractivity contribution is 0.463. The second-order valence-electron chi connectivity index (χ2n) is 16.3. The van der Waals surface area contributed by atoms with Crippen molar-refractivity contribution in [2.24, 2.45) is 0 Å². The normalized spacial score (nSPS) is 11.4. The fourth-order valence-electron chi connectivity index (χ4n) is 8.00. The highest BCUT2D eigenvalue weighted by Crippen LogP contribution is 2.44. The molecule has 0 saturated heterocycles. The smallest absolute Gasteiger partial charge is 0.206 e. The molecule has 8 nitrogen and oxygen atoms in total. The van der Waals surface area contributed by atoms with Gasteiger partial charge in [-0.05, 0) is 162 Å². The van der Waals surface area contributed by atoms with Crippen molar-refractivity contribution in [1.29, 1.82) is 0 Å². The van der Waals surface area contributed by atoms with Gasteiger partial charge in [0.1, 0.15) is 46.0 Å². The quantitative estimate of drug-likeness (QED) is 0.1000. The van der Waals surface area contributed by atoms with Gasteiger partial charge in [-0.15, -0.1) is 0 Å². The van der Waals surface area contributed by atoms with Crippen LogP contribution in [0.2, 0.25) is 0 Å². The molecule has 0 amide bonds. The van der Waals surface area contributed by atoms with Gasteiger partial charge in [-0.1, -0.05) is 135 Å². The summed E-state index contributed by atoms with van der Waals surface area (Å²) in [5.74, 6) is 3.90. The summed E-state index contributed by atoms with van der Waals surface area (Å²) in [4.78, 5) is 0.403. The fourth-order valence-corrected chi connectivity index (χ4v) is 11.6. The van der Waals surface area contributed by atoms with Crippen molar-refractivity contribution < 1.29 is 35.8 Å². The maximum atomic E-state index is 13.8. The number of rotatable bonds is 15. The zero-order chi connectivity index (χ0) is 49.7. The third kappa shape index (κ3) is 10.6. The van der Waals surface area contributed by atoms with Crippen LogP contribution in [0.15, 0.2) is 271 Å². The van der Waals surface area contributed by atoms with Gasteiger partial charge in [0.25, 0.3) is 0 Å². The Morgan fingerprint density at radius 1 is 0.278 bits per heavy atom. The summed E-state index contributed by atoms with van der Waals surface area (Å²) in [5.41, 5.74) is 5.31. The maximum Gasteiger partial charge on any atom is 0.206 e. The van der Waals surface area contributed by atoms with Crippen molar-refractivity contribution in [3.8, 4) is 79.4 Å². The largest absolute Gasteiger partial charge is 0.457 e. The van der Waals surface area contributed by atoms with E-state index in [4.69, 9.17) is 18.9 Å². The van der Waals surface area contributed by atoms with E-state index in [1.807, 2.05) is 127 Å². The first-order chi connectivity index (χ1) is 35.0. The molecular formula is C60H40Br2O8S2. The topological polar surface area (TPSA) is 105 Å². The molecule has 0 aromatic heterocycles. The molecule has 354 valence electrons. The minimum Gasteiger partial charge on any atom is -0.457 e. The molecule has 0 bridgehead atoms.